The van der Waals surface area contributed by atoms with Crippen LogP contribution in [0.15, 0.2) is 18.2 Å². The highest BCUT2D eigenvalue weighted by Crippen LogP contribution is 2.22. The van der Waals surface area contributed by atoms with Gasteiger partial charge in [0.1, 0.15) is 0 Å². The SMILES string of the molecule is CCSCCC(C)NCc1ccc([N+](=O)[O-])cc1Cl. The Hall–Kier alpha value is -0.780. The molecule has 4 nitrogen and oxygen atoms in total. The molecule has 0 radical (unpaired) electrons. The van der Waals surface area contributed by atoms with E-state index < -0.39 is 4.92 Å². The van der Waals surface area contributed by atoms with E-state index in [9.17, 15) is 10.1 Å². The standard InChI is InChI=1S/C13H19ClN2O2S/c1-3-19-7-6-10(2)15-9-11-4-5-12(16(17)18)8-13(11)14/h4-5,8,10,15H,3,6-7,9H2,1-2H3. The summed E-state index contributed by atoms with van der Waals surface area (Å²) < 4.78 is 0. The molecule has 0 heterocycles. The van der Waals surface area contributed by atoms with Crippen molar-refractivity contribution in [3.8, 4) is 0 Å². The first-order valence-corrected chi connectivity index (χ1v) is 7.81. The number of nitrogens with one attached hydrogen (secondary N) is 1. The molecule has 0 aromatic heterocycles. The van der Waals surface area contributed by atoms with E-state index in [1.807, 2.05) is 11.8 Å². The van der Waals surface area contributed by atoms with Crippen LogP contribution in [-0.2, 0) is 6.54 Å². The largest absolute Gasteiger partial charge is 0.310 e. The fraction of sp³-hybridized carbons (Fsp3) is 0.538. The molecule has 6 heteroatoms. The van der Waals surface area contributed by atoms with Crippen molar-refractivity contribution in [2.24, 2.45) is 0 Å². The van der Waals surface area contributed by atoms with Gasteiger partial charge in [-0.2, -0.15) is 11.8 Å². The number of nitro benzene ring substituents is 1. The highest BCUT2D eigenvalue weighted by molar-refractivity contribution is 7.99. The molecule has 1 rings (SSSR count). The maximum atomic E-state index is 10.6. The molecule has 0 aliphatic carbocycles. The summed E-state index contributed by atoms with van der Waals surface area (Å²) in [7, 11) is 0. The van der Waals surface area contributed by atoms with Gasteiger partial charge in [-0.3, -0.25) is 10.1 Å². The second kappa shape index (κ2) is 8.40. The number of nitro groups is 1. The van der Waals surface area contributed by atoms with Crippen molar-refractivity contribution >= 4 is 29.1 Å². The van der Waals surface area contributed by atoms with Crippen LogP contribution in [0.1, 0.15) is 25.8 Å². The molecule has 0 bridgehead atoms. The molecular weight excluding hydrogens is 284 g/mol. The minimum atomic E-state index is -0.437. The average molecular weight is 303 g/mol. The molecule has 0 aliphatic rings. The van der Waals surface area contributed by atoms with Gasteiger partial charge >= 0.3 is 0 Å². The molecule has 0 fully saturated rings. The van der Waals surface area contributed by atoms with Crippen molar-refractivity contribution in [2.45, 2.75) is 32.9 Å². The molecule has 0 aliphatic heterocycles. The van der Waals surface area contributed by atoms with Crippen molar-refractivity contribution in [2.75, 3.05) is 11.5 Å². The zero-order valence-corrected chi connectivity index (χ0v) is 12.8. The smallest absolute Gasteiger partial charge is 0.270 e. The van der Waals surface area contributed by atoms with Crippen LogP contribution in [0.3, 0.4) is 0 Å². The highest BCUT2D eigenvalue weighted by atomic mass is 35.5. The third-order valence-electron chi connectivity index (χ3n) is 2.79. The maximum Gasteiger partial charge on any atom is 0.270 e. The van der Waals surface area contributed by atoms with Gasteiger partial charge in [0.25, 0.3) is 5.69 Å². The third kappa shape index (κ3) is 5.80. The van der Waals surface area contributed by atoms with Gasteiger partial charge in [0.2, 0.25) is 0 Å². The lowest BCUT2D eigenvalue weighted by Gasteiger charge is -2.14. The van der Waals surface area contributed by atoms with Crippen LogP contribution in [0, 0.1) is 10.1 Å². The fourth-order valence-electron chi connectivity index (χ4n) is 1.58. The monoisotopic (exact) mass is 302 g/mol. The van der Waals surface area contributed by atoms with Gasteiger partial charge in [0.15, 0.2) is 0 Å². The average Bonchev–Trinajstić information content (AvgIpc) is 2.37. The van der Waals surface area contributed by atoms with Gasteiger partial charge in [-0.05, 0) is 36.5 Å². The zero-order valence-electron chi connectivity index (χ0n) is 11.2. The lowest BCUT2D eigenvalue weighted by atomic mass is 10.2. The van der Waals surface area contributed by atoms with Crippen LogP contribution >= 0.6 is 23.4 Å². The van der Waals surface area contributed by atoms with E-state index in [-0.39, 0.29) is 5.69 Å². The quantitative estimate of drug-likeness (QED) is 0.450. The summed E-state index contributed by atoms with van der Waals surface area (Å²) in [6.45, 7) is 4.92. The molecule has 0 saturated carbocycles. The van der Waals surface area contributed by atoms with E-state index in [4.69, 9.17) is 11.6 Å². The summed E-state index contributed by atoms with van der Waals surface area (Å²) in [6, 6.07) is 5.00. The Kier molecular flexibility index (Phi) is 7.20. The molecule has 1 unspecified atom stereocenters. The summed E-state index contributed by atoms with van der Waals surface area (Å²) in [5.41, 5.74) is 0.920. The normalized spacial score (nSPS) is 12.4. The topological polar surface area (TPSA) is 55.2 Å². The molecule has 106 valence electrons. The zero-order chi connectivity index (χ0) is 14.3. The predicted octanol–water partition coefficient (Wildman–Crippen LogP) is 3.87. The molecule has 1 atom stereocenters. The van der Waals surface area contributed by atoms with E-state index in [1.165, 1.54) is 12.1 Å². The van der Waals surface area contributed by atoms with Crippen LogP contribution in [-0.4, -0.2) is 22.5 Å². The second-order valence-corrected chi connectivity index (χ2v) is 6.10. The van der Waals surface area contributed by atoms with Crippen LogP contribution < -0.4 is 5.32 Å². The number of nitrogens with zero attached hydrogens (tertiary/aromatic N) is 1. The first-order chi connectivity index (χ1) is 9.04. The molecule has 1 N–H and O–H groups in total. The first kappa shape index (κ1) is 16.3. The first-order valence-electron chi connectivity index (χ1n) is 6.28. The van der Waals surface area contributed by atoms with E-state index in [2.05, 4.69) is 19.2 Å². The van der Waals surface area contributed by atoms with Crippen molar-refractivity contribution in [3.05, 3.63) is 38.9 Å². The van der Waals surface area contributed by atoms with Crippen LogP contribution in [0.4, 0.5) is 5.69 Å². The Morgan fingerprint density at radius 1 is 1.53 bits per heavy atom. The Balaban J connectivity index is 2.47. The highest BCUT2D eigenvalue weighted by Gasteiger charge is 2.10. The van der Waals surface area contributed by atoms with E-state index in [0.717, 1.165) is 23.5 Å². The summed E-state index contributed by atoms with van der Waals surface area (Å²) >= 11 is 7.96. The number of thioether (sulfide) groups is 1. The van der Waals surface area contributed by atoms with Crippen LogP contribution in [0.2, 0.25) is 5.02 Å². The molecule has 1 aromatic rings. The Morgan fingerprint density at radius 3 is 2.84 bits per heavy atom. The summed E-state index contributed by atoms with van der Waals surface area (Å²) in [4.78, 5) is 10.2. The minimum absolute atomic E-state index is 0.0288. The van der Waals surface area contributed by atoms with Gasteiger partial charge in [0.05, 0.1) is 9.95 Å². The molecule has 0 spiro atoms. The second-order valence-electron chi connectivity index (χ2n) is 4.30. The van der Waals surface area contributed by atoms with Gasteiger partial charge in [-0.25, -0.2) is 0 Å². The van der Waals surface area contributed by atoms with Crippen molar-refractivity contribution in [1.29, 1.82) is 0 Å². The van der Waals surface area contributed by atoms with Gasteiger partial charge in [-0.1, -0.05) is 18.5 Å². The number of hydrogen-bond acceptors (Lipinski definition) is 4. The van der Waals surface area contributed by atoms with Crippen LogP contribution in [0.25, 0.3) is 0 Å². The fourth-order valence-corrected chi connectivity index (χ4v) is 2.63. The number of rotatable bonds is 8. The van der Waals surface area contributed by atoms with E-state index >= 15 is 0 Å². The number of hydrogen-bond donors (Lipinski definition) is 1. The molecule has 19 heavy (non-hydrogen) atoms. The molecule has 0 saturated heterocycles. The minimum Gasteiger partial charge on any atom is -0.310 e. The lowest BCUT2D eigenvalue weighted by molar-refractivity contribution is -0.384. The Bertz CT molecular complexity index is 429. The summed E-state index contributed by atoms with van der Waals surface area (Å²) in [5.74, 6) is 2.28. The van der Waals surface area contributed by atoms with Crippen molar-refractivity contribution < 1.29 is 4.92 Å². The van der Waals surface area contributed by atoms with E-state index in [1.54, 1.807) is 6.07 Å². The van der Waals surface area contributed by atoms with Crippen LogP contribution in [0.5, 0.6) is 0 Å². The third-order valence-corrected chi connectivity index (χ3v) is 4.07. The summed E-state index contributed by atoms with van der Waals surface area (Å²) in [6.07, 6.45) is 1.10. The lowest BCUT2D eigenvalue weighted by Crippen LogP contribution is -2.26. The summed E-state index contributed by atoms with van der Waals surface area (Å²) in [5, 5.41) is 14.4. The van der Waals surface area contributed by atoms with Crippen molar-refractivity contribution in [3.63, 3.8) is 0 Å². The molecule has 1 aromatic carbocycles. The van der Waals surface area contributed by atoms with E-state index in [0.29, 0.717) is 17.6 Å². The molecule has 0 amide bonds. The van der Waals surface area contributed by atoms with Gasteiger partial charge in [-0.15, -0.1) is 0 Å². The maximum absolute atomic E-state index is 10.6. The van der Waals surface area contributed by atoms with Gasteiger partial charge < -0.3 is 5.32 Å². The molecular formula is C13H19ClN2O2S. The number of benzene rings is 1. The number of halogens is 1. The van der Waals surface area contributed by atoms with Crippen molar-refractivity contribution in [1.82, 2.24) is 5.32 Å². The Morgan fingerprint density at radius 2 is 2.26 bits per heavy atom. The predicted molar refractivity (Wildman–Crippen MR) is 82.0 cm³/mol. The number of non-ortho nitro benzene ring substituents is 1. The van der Waals surface area contributed by atoms with Gasteiger partial charge in [0, 0.05) is 24.7 Å². The Labute approximate surface area is 123 Å².